The van der Waals surface area contributed by atoms with E-state index in [1.165, 1.54) is 0 Å². The monoisotopic (exact) mass is 643 g/mol. The third kappa shape index (κ3) is 6.23. The van der Waals surface area contributed by atoms with Crippen molar-refractivity contribution in [2.75, 3.05) is 9.80 Å². The van der Waals surface area contributed by atoms with Crippen molar-refractivity contribution in [1.82, 2.24) is 15.0 Å². The van der Waals surface area contributed by atoms with Gasteiger partial charge in [0.25, 0.3) is 0 Å². The second-order valence-electron chi connectivity index (χ2n) is 11.7. The van der Waals surface area contributed by atoms with Gasteiger partial charge in [-0.15, -0.1) is 0 Å². The molecule has 7 aromatic carbocycles. The highest BCUT2D eigenvalue weighted by Crippen LogP contribution is 2.42. The van der Waals surface area contributed by atoms with Crippen LogP contribution in [0.3, 0.4) is 0 Å². The van der Waals surface area contributed by atoms with Crippen LogP contribution in [0.1, 0.15) is 0 Å². The Hall–Kier alpha value is -6.85. The summed E-state index contributed by atoms with van der Waals surface area (Å²) in [6.45, 7) is 0. The molecule has 0 amide bonds. The zero-order chi connectivity index (χ0) is 33.5. The summed E-state index contributed by atoms with van der Waals surface area (Å²) in [6, 6.07) is 68.4. The van der Waals surface area contributed by atoms with Crippen LogP contribution in [0.4, 0.5) is 34.1 Å². The topological polar surface area (TPSA) is 45.2 Å². The van der Waals surface area contributed by atoms with E-state index in [1.54, 1.807) is 0 Å². The maximum Gasteiger partial charge on any atom is 0.166 e. The van der Waals surface area contributed by atoms with Crippen molar-refractivity contribution in [3.8, 4) is 34.2 Å². The molecule has 0 unspecified atom stereocenters. The Balaban J connectivity index is 1.36. The fourth-order valence-electron chi connectivity index (χ4n) is 6.21. The van der Waals surface area contributed by atoms with Crippen LogP contribution in [0.5, 0.6) is 0 Å². The number of hydrogen-bond acceptors (Lipinski definition) is 5. The van der Waals surface area contributed by atoms with Crippen molar-refractivity contribution < 1.29 is 0 Å². The Morgan fingerprint density at radius 3 is 0.900 bits per heavy atom. The summed E-state index contributed by atoms with van der Waals surface area (Å²) in [6.07, 6.45) is 0. The summed E-state index contributed by atoms with van der Waals surface area (Å²) in [5, 5.41) is 0. The summed E-state index contributed by atoms with van der Waals surface area (Å²) in [5.74, 6) is 1.77. The molecule has 0 spiro atoms. The van der Waals surface area contributed by atoms with Crippen LogP contribution in [0.25, 0.3) is 34.2 Å². The molecule has 1 aromatic heterocycles. The molecule has 8 rings (SSSR count). The molecular weight excluding hydrogens is 611 g/mol. The minimum Gasteiger partial charge on any atom is -0.310 e. The Kier molecular flexibility index (Phi) is 8.60. The normalized spacial score (nSPS) is 10.8. The average molecular weight is 644 g/mol. The fourth-order valence-corrected chi connectivity index (χ4v) is 6.21. The zero-order valence-electron chi connectivity index (χ0n) is 27.3. The predicted molar refractivity (Wildman–Crippen MR) is 206 cm³/mol. The van der Waals surface area contributed by atoms with Crippen LogP contribution >= 0.6 is 0 Å². The van der Waals surface area contributed by atoms with E-state index in [1.807, 2.05) is 66.7 Å². The summed E-state index contributed by atoms with van der Waals surface area (Å²) >= 11 is 0. The highest BCUT2D eigenvalue weighted by Gasteiger charge is 2.23. The number of rotatable bonds is 9. The minimum absolute atomic E-state index is 0.585. The number of hydrogen-bond donors (Lipinski definition) is 0. The third-order valence-corrected chi connectivity index (χ3v) is 8.50. The quantitative estimate of drug-likeness (QED) is 0.157. The van der Waals surface area contributed by atoms with Crippen molar-refractivity contribution in [1.29, 1.82) is 0 Å². The van der Waals surface area contributed by atoms with E-state index in [0.717, 1.165) is 50.8 Å². The first-order valence-corrected chi connectivity index (χ1v) is 16.6. The summed E-state index contributed by atoms with van der Waals surface area (Å²) < 4.78 is 0. The summed E-state index contributed by atoms with van der Waals surface area (Å²) in [7, 11) is 0. The molecule has 0 aliphatic carbocycles. The van der Waals surface area contributed by atoms with E-state index in [9.17, 15) is 0 Å². The highest BCUT2D eigenvalue weighted by molar-refractivity contribution is 5.89. The SMILES string of the molecule is c1ccc(-c2nc(-c3ccccc3N(c3ccccc3)c3ccccc3)nc(-c3ccccc3N(c3ccccc3)c3ccccc3)n2)cc1. The third-order valence-electron chi connectivity index (χ3n) is 8.50. The van der Waals surface area contributed by atoms with Gasteiger partial charge in [-0.2, -0.15) is 0 Å². The molecule has 50 heavy (non-hydrogen) atoms. The predicted octanol–water partition coefficient (Wildman–Crippen LogP) is 11.8. The van der Waals surface area contributed by atoms with Crippen LogP contribution in [0, 0.1) is 0 Å². The Morgan fingerprint density at radius 2 is 0.540 bits per heavy atom. The fraction of sp³-hybridized carbons (Fsp3) is 0. The molecule has 0 fully saturated rings. The average Bonchev–Trinajstić information content (AvgIpc) is 3.20. The molecular formula is C45H33N5. The Bertz CT molecular complexity index is 2090. The number of nitrogens with zero attached hydrogens (tertiary/aromatic N) is 5. The lowest BCUT2D eigenvalue weighted by Crippen LogP contribution is -2.13. The van der Waals surface area contributed by atoms with Crippen LogP contribution in [-0.4, -0.2) is 15.0 Å². The van der Waals surface area contributed by atoms with Gasteiger partial charge in [-0.25, -0.2) is 15.0 Å². The number of benzene rings is 7. The first-order valence-electron chi connectivity index (χ1n) is 16.6. The molecule has 238 valence electrons. The van der Waals surface area contributed by atoms with Crippen LogP contribution in [-0.2, 0) is 0 Å². The standard InChI is InChI=1S/C45H33N5/c1-6-20-34(21-7-1)43-46-44(39-30-16-18-32-41(39)49(35-22-8-2-9-23-35)36-24-10-3-11-25-36)48-45(47-43)40-31-17-19-33-42(40)50(37-26-12-4-13-27-37)38-28-14-5-15-29-38/h1-33H. The van der Waals surface area contributed by atoms with Gasteiger partial charge in [-0.05, 0) is 72.8 Å². The Labute approximate surface area is 292 Å². The van der Waals surface area contributed by atoms with E-state index < -0.39 is 0 Å². The van der Waals surface area contributed by atoms with Gasteiger partial charge in [-0.1, -0.05) is 127 Å². The van der Waals surface area contributed by atoms with Gasteiger partial charge in [0, 0.05) is 39.4 Å². The summed E-state index contributed by atoms with van der Waals surface area (Å²) in [4.78, 5) is 20.1. The van der Waals surface area contributed by atoms with Crippen molar-refractivity contribution in [2.24, 2.45) is 0 Å². The molecule has 0 radical (unpaired) electrons. The van der Waals surface area contributed by atoms with Crippen molar-refractivity contribution >= 4 is 34.1 Å². The molecule has 5 nitrogen and oxygen atoms in total. The van der Waals surface area contributed by atoms with Gasteiger partial charge in [-0.3, -0.25) is 0 Å². The van der Waals surface area contributed by atoms with E-state index in [2.05, 4.69) is 143 Å². The van der Waals surface area contributed by atoms with Gasteiger partial charge in [0.1, 0.15) is 0 Å². The lowest BCUT2D eigenvalue weighted by atomic mass is 10.1. The van der Waals surface area contributed by atoms with Crippen molar-refractivity contribution in [3.63, 3.8) is 0 Å². The maximum absolute atomic E-state index is 5.28. The smallest absolute Gasteiger partial charge is 0.166 e. The second kappa shape index (κ2) is 14.1. The first kappa shape index (κ1) is 30.5. The van der Waals surface area contributed by atoms with Gasteiger partial charge in [0.15, 0.2) is 17.5 Å². The molecule has 0 saturated carbocycles. The molecule has 5 heteroatoms. The second-order valence-corrected chi connectivity index (χ2v) is 11.7. The maximum atomic E-state index is 5.28. The molecule has 0 saturated heterocycles. The van der Waals surface area contributed by atoms with E-state index >= 15 is 0 Å². The van der Waals surface area contributed by atoms with Gasteiger partial charge in [0.05, 0.1) is 11.4 Å². The number of aromatic nitrogens is 3. The molecule has 1 heterocycles. The number of anilines is 6. The summed E-state index contributed by atoms with van der Waals surface area (Å²) in [5.41, 5.74) is 8.77. The lowest BCUT2D eigenvalue weighted by molar-refractivity contribution is 1.07. The van der Waals surface area contributed by atoms with Crippen molar-refractivity contribution in [2.45, 2.75) is 0 Å². The Morgan fingerprint density at radius 1 is 0.260 bits per heavy atom. The van der Waals surface area contributed by atoms with Crippen LogP contribution in [0.2, 0.25) is 0 Å². The van der Waals surface area contributed by atoms with Gasteiger partial charge >= 0.3 is 0 Å². The van der Waals surface area contributed by atoms with Gasteiger partial charge in [0.2, 0.25) is 0 Å². The van der Waals surface area contributed by atoms with E-state index in [4.69, 9.17) is 15.0 Å². The number of para-hydroxylation sites is 6. The van der Waals surface area contributed by atoms with E-state index in [0.29, 0.717) is 17.5 Å². The molecule has 0 aliphatic heterocycles. The molecule has 0 atom stereocenters. The minimum atomic E-state index is 0.585. The van der Waals surface area contributed by atoms with Crippen LogP contribution < -0.4 is 9.80 Å². The molecule has 0 bridgehead atoms. The largest absolute Gasteiger partial charge is 0.310 e. The van der Waals surface area contributed by atoms with Gasteiger partial charge < -0.3 is 9.80 Å². The van der Waals surface area contributed by atoms with Crippen molar-refractivity contribution in [3.05, 3.63) is 200 Å². The molecule has 8 aromatic rings. The zero-order valence-corrected chi connectivity index (χ0v) is 27.3. The highest BCUT2D eigenvalue weighted by atomic mass is 15.2. The first-order chi connectivity index (χ1) is 24.8. The molecule has 0 N–H and O–H groups in total. The van der Waals surface area contributed by atoms with Crippen LogP contribution in [0.15, 0.2) is 200 Å². The van der Waals surface area contributed by atoms with E-state index in [-0.39, 0.29) is 0 Å². The lowest BCUT2D eigenvalue weighted by Gasteiger charge is -2.28. The molecule has 0 aliphatic rings.